The second-order valence-electron chi connectivity index (χ2n) is 5.77. The molecule has 1 aliphatic rings. The van der Waals surface area contributed by atoms with Crippen molar-refractivity contribution >= 4 is 9.84 Å². The van der Waals surface area contributed by atoms with Gasteiger partial charge < -0.3 is 10.5 Å². The summed E-state index contributed by atoms with van der Waals surface area (Å²) in [6.07, 6.45) is 5.55. The molecule has 2 rings (SSSR count). The molecule has 112 valence electrons. The number of hydrogen-bond acceptors (Lipinski definition) is 4. The van der Waals surface area contributed by atoms with Crippen molar-refractivity contribution in [2.45, 2.75) is 37.6 Å². The van der Waals surface area contributed by atoms with E-state index in [1.165, 1.54) is 11.8 Å². The minimum Gasteiger partial charge on any atom is -0.497 e. The molecule has 0 saturated heterocycles. The van der Waals surface area contributed by atoms with E-state index in [4.69, 9.17) is 10.5 Å². The maximum atomic E-state index is 11.3. The molecule has 0 saturated carbocycles. The van der Waals surface area contributed by atoms with Crippen LogP contribution in [0.3, 0.4) is 0 Å². The van der Waals surface area contributed by atoms with Crippen LogP contribution in [-0.2, 0) is 21.8 Å². The monoisotopic (exact) mass is 297 g/mol. The molecule has 1 atom stereocenters. The zero-order valence-corrected chi connectivity index (χ0v) is 13.0. The number of benzene rings is 1. The van der Waals surface area contributed by atoms with Crippen LogP contribution in [0.4, 0.5) is 0 Å². The first-order chi connectivity index (χ1) is 9.34. The summed E-state index contributed by atoms with van der Waals surface area (Å²) in [5, 5.41) is 0. The highest BCUT2D eigenvalue weighted by Gasteiger charge is 2.32. The lowest BCUT2D eigenvalue weighted by molar-refractivity contribution is 0.339. The fourth-order valence-electron chi connectivity index (χ4n) is 3.00. The molecule has 1 aromatic rings. The molecule has 0 radical (unpaired) electrons. The molecule has 2 N–H and O–H groups in total. The van der Waals surface area contributed by atoms with Crippen LogP contribution in [0.25, 0.3) is 0 Å². The summed E-state index contributed by atoms with van der Waals surface area (Å²) in [4.78, 5) is 0. The number of rotatable bonds is 5. The van der Waals surface area contributed by atoms with Crippen molar-refractivity contribution < 1.29 is 13.2 Å². The molecule has 1 aromatic carbocycles. The van der Waals surface area contributed by atoms with Gasteiger partial charge in [-0.05, 0) is 55.4 Å². The Morgan fingerprint density at radius 1 is 1.40 bits per heavy atom. The van der Waals surface area contributed by atoms with Gasteiger partial charge in [-0.15, -0.1) is 0 Å². The zero-order chi connectivity index (χ0) is 14.8. The molecule has 5 heteroatoms. The molecule has 4 nitrogen and oxygen atoms in total. The lowest BCUT2D eigenvalue weighted by atomic mass is 9.74. The van der Waals surface area contributed by atoms with Gasteiger partial charge in [-0.2, -0.15) is 0 Å². The second-order valence-corrected chi connectivity index (χ2v) is 8.03. The first-order valence-electron chi connectivity index (χ1n) is 6.98. The molecule has 20 heavy (non-hydrogen) atoms. The van der Waals surface area contributed by atoms with Crippen molar-refractivity contribution in [2.75, 3.05) is 19.1 Å². The molecular formula is C15H23NO3S. The van der Waals surface area contributed by atoms with Gasteiger partial charge in [-0.3, -0.25) is 0 Å². The molecule has 1 unspecified atom stereocenters. The Hall–Kier alpha value is -1.07. The van der Waals surface area contributed by atoms with E-state index in [9.17, 15) is 8.42 Å². The van der Waals surface area contributed by atoms with Gasteiger partial charge in [0.25, 0.3) is 0 Å². The van der Waals surface area contributed by atoms with Crippen molar-refractivity contribution in [3.63, 3.8) is 0 Å². The maximum Gasteiger partial charge on any atom is 0.147 e. The number of aryl methyl sites for hydroxylation is 1. The maximum absolute atomic E-state index is 11.3. The highest BCUT2D eigenvalue weighted by atomic mass is 32.2. The van der Waals surface area contributed by atoms with Crippen LogP contribution in [0.15, 0.2) is 18.2 Å². The van der Waals surface area contributed by atoms with Crippen LogP contribution in [0.2, 0.25) is 0 Å². The Morgan fingerprint density at radius 2 is 2.15 bits per heavy atom. The van der Waals surface area contributed by atoms with E-state index in [0.717, 1.165) is 30.6 Å². The zero-order valence-electron chi connectivity index (χ0n) is 12.2. The number of nitrogens with two attached hydrogens (primary N) is 1. The first kappa shape index (κ1) is 15.3. The third-order valence-corrected chi connectivity index (χ3v) is 5.09. The highest BCUT2D eigenvalue weighted by molar-refractivity contribution is 7.90. The fraction of sp³-hybridized carbons (Fsp3) is 0.600. The summed E-state index contributed by atoms with van der Waals surface area (Å²) in [6.45, 7) is 0. The van der Waals surface area contributed by atoms with Crippen molar-refractivity contribution in [1.29, 1.82) is 0 Å². The minimum absolute atomic E-state index is 0.200. The van der Waals surface area contributed by atoms with Crippen molar-refractivity contribution in [1.82, 2.24) is 0 Å². The lowest BCUT2D eigenvalue weighted by Gasteiger charge is -2.36. The van der Waals surface area contributed by atoms with E-state index in [1.807, 2.05) is 12.1 Å². The van der Waals surface area contributed by atoms with E-state index < -0.39 is 15.4 Å². The number of fused-ring (bicyclic) bond motifs is 1. The molecule has 0 spiro atoms. The second kappa shape index (κ2) is 5.74. The molecule has 0 amide bonds. The Kier molecular flexibility index (Phi) is 4.39. The summed E-state index contributed by atoms with van der Waals surface area (Å²) >= 11 is 0. The van der Waals surface area contributed by atoms with Gasteiger partial charge in [0.1, 0.15) is 15.6 Å². The third-order valence-electron chi connectivity index (χ3n) is 4.06. The summed E-state index contributed by atoms with van der Waals surface area (Å²) in [7, 11) is -1.28. The van der Waals surface area contributed by atoms with E-state index in [1.54, 1.807) is 7.11 Å². The summed E-state index contributed by atoms with van der Waals surface area (Å²) in [5.41, 5.74) is 8.53. The van der Waals surface area contributed by atoms with E-state index in [-0.39, 0.29) is 5.75 Å². The number of hydrogen-bond donors (Lipinski definition) is 1. The van der Waals surface area contributed by atoms with Gasteiger partial charge in [-0.25, -0.2) is 8.42 Å². The van der Waals surface area contributed by atoms with Crippen molar-refractivity contribution in [3.05, 3.63) is 29.3 Å². The molecule has 0 bridgehead atoms. The molecule has 1 aliphatic carbocycles. The summed E-state index contributed by atoms with van der Waals surface area (Å²) < 4.78 is 27.8. The topological polar surface area (TPSA) is 69.4 Å². The van der Waals surface area contributed by atoms with Gasteiger partial charge in [0.2, 0.25) is 0 Å². The van der Waals surface area contributed by atoms with E-state index in [0.29, 0.717) is 12.8 Å². The fourth-order valence-corrected chi connectivity index (χ4v) is 3.67. The number of ether oxygens (including phenoxy) is 1. The quantitative estimate of drug-likeness (QED) is 0.902. The Balaban J connectivity index is 2.20. The Labute approximate surface area is 121 Å². The third kappa shape index (κ3) is 3.52. The van der Waals surface area contributed by atoms with Crippen LogP contribution in [-0.4, -0.2) is 27.5 Å². The molecular weight excluding hydrogens is 274 g/mol. The van der Waals surface area contributed by atoms with Crippen LogP contribution in [0, 0.1) is 0 Å². The first-order valence-corrected chi connectivity index (χ1v) is 9.04. The molecule has 0 aromatic heterocycles. The smallest absolute Gasteiger partial charge is 0.147 e. The average molecular weight is 297 g/mol. The van der Waals surface area contributed by atoms with Crippen LogP contribution in [0.1, 0.15) is 36.8 Å². The van der Waals surface area contributed by atoms with Gasteiger partial charge in [-0.1, -0.05) is 6.07 Å². The van der Waals surface area contributed by atoms with Gasteiger partial charge >= 0.3 is 0 Å². The predicted octanol–water partition coefficient (Wildman–Crippen LogP) is 2.01. The van der Waals surface area contributed by atoms with Crippen molar-refractivity contribution in [2.24, 2.45) is 5.73 Å². The largest absolute Gasteiger partial charge is 0.497 e. The summed E-state index contributed by atoms with van der Waals surface area (Å²) in [6, 6.07) is 6.04. The molecule has 0 aliphatic heterocycles. The SMILES string of the molecule is COc1ccc2c(c1)C(N)(CCCS(C)(=O)=O)CCC2. The average Bonchev–Trinajstić information content (AvgIpc) is 2.37. The Morgan fingerprint density at radius 3 is 2.80 bits per heavy atom. The van der Waals surface area contributed by atoms with E-state index >= 15 is 0 Å². The summed E-state index contributed by atoms with van der Waals surface area (Å²) in [5.74, 6) is 1.01. The van der Waals surface area contributed by atoms with Crippen molar-refractivity contribution in [3.8, 4) is 5.75 Å². The minimum atomic E-state index is -2.92. The lowest BCUT2D eigenvalue weighted by Crippen LogP contribution is -2.40. The number of sulfone groups is 1. The van der Waals surface area contributed by atoms with Crippen LogP contribution < -0.4 is 10.5 Å². The molecule has 0 fully saturated rings. The van der Waals surface area contributed by atoms with Gasteiger partial charge in [0.15, 0.2) is 0 Å². The van der Waals surface area contributed by atoms with Crippen LogP contribution in [0.5, 0.6) is 5.75 Å². The van der Waals surface area contributed by atoms with Gasteiger partial charge in [0, 0.05) is 17.5 Å². The Bertz CT molecular complexity index is 583. The van der Waals surface area contributed by atoms with Gasteiger partial charge in [0.05, 0.1) is 7.11 Å². The normalized spacial score (nSPS) is 22.4. The standard InChI is InChI=1S/C15H23NO3S/c1-19-13-7-6-12-5-3-8-15(16,14(12)11-13)9-4-10-20(2,17)18/h6-7,11H,3-5,8-10,16H2,1-2H3. The molecule has 0 heterocycles. The van der Waals surface area contributed by atoms with E-state index in [2.05, 4.69) is 6.07 Å². The predicted molar refractivity (Wildman–Crippen MR) is 80.7 cm³/mol. The highest BCUT2D eigenvalue weighted by Crippen LogP contribution is 2.38. The number of methoxy groups -OCH3 is 1. The van der Waals surface area contributed by atoms with Crippen LogP contribution >= 0.6 is 0 Å².